The maximum absolute atomic E-state index is 6.21. The highest BCUT2D eigenvalue weighted by atomic mass is 15.2. The molecule has 0 fully saturated rings. The van der Waals surface area contributed by atoms with Crippen LogP contribution in [0.25, 0.3) is 0 Å². The molecule has 0 rings (SSSR count). The number of hydrogen-bond donors (Lipinski definition) is 1. The molecule has 0 bridgehead atoms. The zero-order valence-corrected chi connectivity index (χ0v) is 18.4. The Morgan fingerprint density at radius 2 is 1.00 bits per heavy atom. The second kappa shape index (κ2) is 20.6. The number of unbranched alkanes of at least 4 members (excludes halogenated alkanes) is 13. The molecule has 0 spiro atoms. The highest BCUT2D eigenvalue weighted by molar-refractivity contribution is 5.78. The maximum Gasteiger partial charge on any atom is 0.191 e. The molecule has 0 saturated heterocycles. The lowest BCUT2D eigenvalue weighted by atomic mass is 10.1. The molecule has 2 N–H and O–H groups in total. The number of nitrogens with two attached hydrogens (primary N) is 1. The van der Waals surface area contributed by atoms with Crippen LogP contribution in [-0.4, -0.2) is 30.5 Å². The third-order valence-corrected chi connectivity index (χ3v) is 5.17. The fraction of sp³-hybridized carbons (Fsp3) is 0.957. The number of guanidine groups is 1. The van der Waals surface area contributed by atoms with E-state index < -0.39 is 0 Å². The zero-order valence-electron chi connectivity index (χ0n) is 18.4. The Morgan fingerprint density at radius 3 is 1.50 bits per heavy atom. The third-order valence-electron chi connectivity index (χ3n) is 5.17. The summed E-state index contributed by atoms with van der Waals surface area (Å²) in [6, 6.07) is 0. The summed E-state index contributed by atoms with van der Waals surface area (Å²) in [6.45, 7) is 9.76. The number of aliphatic imine (C=N–C) groups is 1. The largest absolute Gasteiger partial charge is 0.370 e. The first-order valence-corrected chi connectivity index (χ1v) is 11.8. The molecule has 0 aromatic rings. The average Bonchev–Trinajstić information content (AvgIpc) is 2.65. The van der Waals surface area contributed by atoms with Crippen molar-refractivity contribution in [2.24, 2.45) is 10.7 Å². The van der Waals surface area contributed by atoms with Crippen LogP contribution in [0.1, 0.15) is 124 Å². The third kappa shape index (κ3) is 16.7. The molecule has 0 saturated carbocycles. The summed E-state index contributed by atoms with van der Waals surface area (Å²) < 4.78 is 0. The molecule has 3 heteroatoms. The van der Waals surface area contributed by atoms with E-state index in [-0.39, 0.29) is 0 Å². The van der Waals surface area contributed by atoms with Crippen molar-refractivity contribution in [2.75, 3.05) is 19.6 Å². The first kappa shape index (κ1) is 25.3. The summed E-state index contributed by atoms with van der Waals surface area (Å²) in [5.74, 6) is 0.773. The van der Waals surface area contributed by atoms with Gasteiger partial charge in [0.1, 0.15) is 0 Å². The topological polar surface area (TPSA) is 41.6 Å². The summed E-state index contributed by atoms with van der Waals surface area (Å²) >= 11 is 0. The van der Waals surface area contributed by atoms with Gasteiger partial charge in [-0.25, -0.2) is 0 Å². The molecular formula is C23H49N3. The fourth-order valence-electron chi connectivity index (χ4n) is 3.29. The van der Waals surface area contributed by atoms with Gasteiger partial charge in [-0.2, -0.15) is 0 Å². The first-order chi connectivity index (χ1) is 12.8. The number of nitrogens with zero attached hydrogens (tertiary/aromatic N) is 2. The number of rotatable bonds is 19. The van der Waals surface area contributed by atoms with Crippen molar-refractivity contribution in [3.8, 4) is 0 Å². The summed E-state index contributed by atoms with van der Waals surface area (Å²) in [7, 11) is 0. The smallest absolute Gasteiger partial charge is 0.191 e. The maximum atomic E-state index is 6.21. The van der Waals surface area contributed by atoms with Crippen molar-refractivity contribution < 1.29 is 0 Å². The summed E-state index contributed by atoms with van der Waals surface area (Å²) in [5.41, 5.74) is 6.21. The van der Waals surface area contributed by atoms with E-state index in [2.05, 4.69) is 30.7 Å². The molecule has 0 amide bonds. The molecule has 0 aromatic carbocycles. The van der Waals surface area contributed by atoms with Gasteiger partial charge < -0.3 is 10.6 Å². The zero-order chi connectivity index (χ0) is 19.3. The van der Waals surface area contributed by atoms with E-state index in [0.29, 0.717) is 0 Å². The minimum Gasteiger partial charge on any atom is -0.370 e. The lowest BCUT2D eigenvalue weighted by Crippen LogP contribution is -2.39. The van der Waals surface area contributed by atoms with Crippen LogP contribution in [0.2, 0.25) is 0 Å². The molecule has 0 aliphatic carbocycles. The SMILES string of the molecule is CCCCCCCCCCCCCCN(CCCC)C(N)=NCCCC. The van der Waals surface area contributed by atoms with Crippen molar-refractivity contribution in [1.29, 1.82) is 0 Å². The quantitative estimate of drug-likeness (QED) is 0.153. The van der Waals surface area contributed by atoms with Crippen LogP contribution < -0.4 is 5.73 Å². The van der Waals surface area contributed by atoms with Crippen molar-refractivity contribution in [1.82, 2.24) is 4.90 Å². The second-order valence-electron chi connectivity index (χ2n) is 7.82. The molecule has 3 nitrogen and oxygen atoms in total. The van der Waals surface area contributed by atoms with Crippen LogP contribution in [0.5, 0.6) is 0 Å². The molecule has 0 aromatic heterocycles. The van der Waals surface area contributed by atoms with Crippen molar-refractivity contribution in [3.05, 3.63) is 0 Å². The lowest BCUT2D eigenvalue weighted by molar-refractivity contribution is 0.385. The van der Waals surface area contributed by atoms with Crippen LogP contribution in [0, 0.1) is 0 Å². The van der Waals surface area contributed by atoms with E-state index in [1.54, 1.807) is 0 Å². The summed E-state index contributed by atoms with van der Waals surface area (Å²) in [6.07, 6.45) is 21.5. The van der Waals surface area contributed by atoms with E-state index in [1.165, 1.54) is 96.3 Å². The van der Waals surface area contributed by atoms with Gasteiger partial charge in [0, 0.05) is 19.6 Å². The molecule has 0 aliphatic rings. The van der Waals surface area contributed by atoms with Crippen LogP contribution in [-0.2, 0) is 0 Å². The van der Waals surface area contributed by atoms with Gasteiger partial charge >= 0.3 is 0 Å². The van der Waals surface area contributed by atoms with Gasteiger partial charge in [0.05, 0.1) is 0 Å². The Morgan fingerprint density at radius 1 is 0.577 bits per heavy atom. The van der Waals surface area contributed by atoms with Gasteiger partial charge in [-0.05, 0) is 19.3 Å². The Balaban J connectivity index is 3.67. The van der Waals surface area contributed by atoms with Gasteiger partial charge in [-0.15, -0.1) is 0 Å². The minimum absolute atomic E-state index is 0.773. The van der Waals surface area contributed by atoms with E-state index in [1.807, 2.05) is 0 Å². The standard InChI is InChI=1S/C23H49N3/c1-4-7-10-11-12-13-14-15-16-17-18-19-22-26(21-9-6-3)23(24)25-20-8-5-2/h4-22H2,1-3H3,(H2,24,25). The molecule has 0 unspecified atom stereocenters. The second-order valence-corrected chi connectivity index (χ2v) is 7.82. The van der Waals surface area contributed by atoms with Crippen LogP contribution in [0.15, 0.2) is 4.99 Å². The van der Waals surface area contributed by atoms with E-state index >= 15 is 0 Å². The van der Waals surface area contributed by atoms with E-state index in [4.69, 9.17) is 5.73 Å². The monoisotopic (exact) mass is 367 g/mol. The van der Waals surface area contributed by atoms with Gasteiger partial charge in [0.15, 0.2) is 5.96 Å². The van der Waals surface area contributed by atoms with Crippen molar-refractivity contribution >= 4 is 5.96 Å². The summed E-state index contributed by atoms with van der Waals surface area (Å²) in [4.78, 5) is 6.88. The van der Waals surface area contributed by atoms with Gasteiger partial charge in [-0.1, -0.05) is 104 Å². The molecule has 0 heterocycles. The Labute approximate surface area is 165 Å². The highest BCUT2D eigenvalue weighted by Gasteiger charge is 2.06. The summed E-state index contributed by atoms with van der Waals surface area (Å²) in [5, 5.41) is 0. The molecule has 0 radical (unpaired) electrons. The highest BCUT2D eigenvalue weighted by Crippen LogP contribution is 2.12. The van der Waals surface area contributed by atoms with Crippen LogP contribution >= 0.6 is 0 Å². The average molecular weight is 368 g/mol. The number of hydrogen-bond acceptors (Lipinski definition) is 1. The minimum atomic E-state index is 0.773. The van der Waals surface area contributed by atoms with E-state index in [9.17, 15) is 0 Å². The van der Waals surface area contributed by atoms with Crippen LogP contribution in [0.3, 0.4) is 0 Å². The predicted octanol–water partition coefficient (Wildman–Crippen LogP) is 6.90. The Kier molecular flexibility index (Phi) is 20.0. The van der Waals surface area contributed by atoms with Gasteiger partial charge in [0.25, 0.3) is 0 Å². The van der Waals surface area contributed by atoms with Crippen molar-refractivity contribution in [2.45, 2.75) is 124 Å². The van der Waals surface area contributed by atoms with E-state index in [0.717, 1.165) is 32.0 Å². The molecule has 156 valence electrons. The lowest BCUT2D eigenvalue weighted by Gasteiger charge is -2.23. The molecule has 0 aliphatic heterocycles. The van der Waals surface area contributed by atoms with Gasteiger partial charge in [-0.3, -0.25) is 4.99 Å². The first-order valence-electron chi connectivity index (χ1n) is 11.8. The van der Waals surface area contributed by atoms with Crippen molar-refractivity contribution in [3.63, 3.8) is 0 Å². The van der Waals surface area contributed by atoms with Gasteiger partial charge in [0.2, 0.25) is 0 Å². The molecule has 26 heavy (non-hydrogen) atoms. The molecule has 0 atom stereocenters. The molecular weight excluding hydrogens is 318 g/mol. The Hall–Kier alpha value is -0.730. The predicted molar refractivity (Wildman–Crippen MR) is 119 cm³/mol. The van der Waals surface area contributed by atoms with Crippen LogP contribution in [0.4, 0.5) is 0 Å². The Bertz CT molecular complexity index is 302. The normalized spacial score (nSPS) is 11.9. The fourth-order valence-corrected chi connectivity index (χ4v) is 3.29.